The van der Waals surface area contributed by atoms with Gasteiger partial charge in [0, 0.05) is 19.6 Å². The summed E-state index contributed by atoms with van der Waals surface area (Å²) in [5, 5.41) is 165. The van der Waals surface area contributed by atoms with Crippen LogP contribution in [0, 0.1) is 0 Å². The smallest absolute Gasteiger partial charge is 0.394 e. The van der Waals surface area contributed by atoms with Crippen LogP contribution in [-0.4, -0.2) is 236 Å². The van der Waals surface area contributed by atoms with Gasteiger partial charge >= 0.3 is 12.4 Å². The van der Waals surface area contributed by atoms with Crippen LogP contribution in [0.3, 0.4) is 0 Å². The second-order valence-electron chi connectivity index (χ2n) is 14.3. The molecular formula is C33H51F6NO20. The van der Waals surface area contributed by atoms with E-state index in [2.05, 4.69) is 0 Å². The molecule has 2 saturated heterocycles. The first-order chi connectivity index (χ1) is 27.8. The van der Waals surface area contributed by atoms with Crippen molar-refractivity contribution in [3.63, 3.8) is 0 Å². The topological polar surface area (TPSA) is 364 Å². The Labute approximate surface area is 335 Å². The van der Waals surface area contributed by atoms with Gasteiger partial charge in [-0.2, -0.15) is 26.3 Å². The largest absolute Gasteiger partial charge is 0.416 e. The molecule has 1 aromatic rings. The number of alkyl halides is 6. The number of halogens is 6. The summed E-state index contributed by atoms with van der Waals surface area (Å²) in [7, 11) is 0. The van der Waals surface area contributed by atoms with Crippen molar-refractivity contribution in [2.45, 2.75) is 129 Å². The molecule has 0 unspecified atom stereocenters. The van der Waals surface area contributed by atoms with Crippen LogP contribution in [-0.2, 0) is 37.8 Å². The first kappa shape index (κ1) is 52.3. The van der Waals surface area contributed by atoms with Crippen LogP contribution in [0.5, 0.6) is 0 Å². The van der Waals surface area contributed by atoms with Gasteiger partial charge in [0.25, 0.3) is 0 Å². The number of aliphatic hydroxyl groups is 16. The van der Waals surface area contributed by atoms with Gasteiger partial charge in [0.1, 0.15) is 85.5 Å². The highest BCUT2D eigenvalue weighted by molar-refractivity contribution is 5.33. The van der Waals surface area contributed by atoms with Gasteiger partial charge < -0.3 is 101 Å². The normalized spacial score (nSPS) is 32.2. The first-order valence-corrected chi connectivity index (χ1v) is 18.0. The van der Waals surface area contributed by atoms with E-state index in [1.807, 2.05) is 0 Å². The minimum Gasteiger partial charge on any atom is -0.394 e. The summed E-state index contributed by atoms with van der Waals surface area (Å²) in [4.78, 5) is 0.643. The van der Waals surface area contributed by atoms with Crippen molar-refractivity contribution in [2.75, 3.05) is 39.5 Å². The van der Waals surface area contributed by atoms with Crippen LogP contribution in [0.2, 0.25) is 0 Å². The van der Waals surface area contributed by atoms with E-state index in [4.69, 9.17) is 18.9 Å². The number of aliphatic hydroxyl groups excluding tert-OH is 16. The quantitative estimate of drug-likeness (QED) is 0.0541. The summed E-state index contributed by atoms with van der Waals surface area (Å²) >= 11 is 0. The number of benzene rings is 1. The highest BCUT2D eigenvalue weighted by Gasteiger charge is 2.49. The minimum absolute atomic E-state index is 0.209. The fourth-order valence-corrected chi connectivity index (χ4v) is 6.43. The van der Waals surface area contributed by atoms with E-state index in [0.717, 1.165) is 0 Å². The molecule has 60 heavy (non-hydrogen) atoms. The Balaban J connectivity index is 2.00. The van der Waals surface area contributed by atoms with E-state index in [1.165, 1.54) is 0 Å². The summed E-state index contributed by atoms with van der Waals surface area (Å²) in [6, 6.07) is 0.309. The summed E-state index contributed by atoms with van der Waals surface area (Å²) in [5.74, 6) is 0. The van der Waals surface area contributed by atoms with Crippen molar-refractivity contribution >= 4 is 0 Å². The van der Waals surface area contributed by atoms with Crippen molar-refractivity contribution in [1.82, 2.24) is 4.90 Å². The van der Waals surface area contributed by atoms with Crippen molar-refractivity contribution in [2.24, 2.45) is 0 Å². The molecule has 21 nitrogen and oxygen atoms in total. The SMILES string of the molecule is OC[C@@H](O)[C@@H](O[C@@H]1O[C@H](CO)[C@H](O)[C@H](O)[C@H]1O)[C@H](O)[C@@H](O)CN(Cc1cc(C(F)(F)F)cc(C(F)(F)F)c1)C[C@H](O)[C@@H](O)[C@H](O[C@@H]1O[C@H](CO)[C@H](O)[C@H](O)[C@H]1O)[C@H](O)CO. The van der Waals surface area contributed by atoms with Gasteiger partial charge in [-0.25, -0.2) is 0 Å². The van der Waals surface area contributed by atoms with Crippen molar-refractivity contribution in [3.8, 4) is 0 Å². The Kier molecular flexibility index (Phi) is 19.2. The zero-order valence-corrected chi connectivity index (χ0v) is 31.1. The van der Waals surface area contributed by atoms with Gasteiger partial charge in [-0.15, -0.1) is 0 Å². The van der Waals surface area contributed by atoms with E-state index in [0.29, 0.717) is 4.90 Å². The van der Waals surface area contributed by atoms with Crippen LogP contribution in [0.4, 0.5) is 26.3 Å². The molecule has 0 bridgehead atoms. The predicted molar refractivity (Wildman–Crippen MR) is 179 cm³/mol. The summed E-state index contributed by atoms with van der Waals surface area (Å²) in [5.41, 5.74) is -4.40. The Hall–Kier alpha value is -2.04. The third-order valence-corrected chi connectivity index (χ3v) is 9.82. The van der Waals surface area contributed by atoms with Gasteiger partial charge in [-0.05, 0) is 23.8 Å². The Morgan fingerprint density at radius 3 is 1.18 bits per heavy atom. The third kappa shape index (κ3) is 13.0. The Bertz CT molecular complexity index is 1350. The highest BCUT2D eigenvalue weighted by Crippen LogP contribution is 2.37. The summed E-state index contributed by atoms with van der Waals surface area (Å²) in [6.45, 7) is -7.83. The maximum Gasteiger partial charge on any atom is 0.416 e. The number of hydrogen-bond acceptors (Lipinski definition) is 21. The fourth-order valence-electron chi connectivity index (χ4n) is 6.43. The van der Waals surface area contributed by atoms with E-state index < -0.39 is 185 Å². The van der Waals surface area contributed by atoms with Gasteiger partial charge in [0.15, 0.2) is 12.6 Å². The molecule has 0 saturated carbocycles. The lowest BCUT2D eigenvalue weighted by atomic mass is 9.97. The third-order valence-electron chi connectivity index (χ3n) is 9.82. The number of hydrogen-bond donors (Lipinski definition) is 16. The average Bonchev–Trinajstić information content (AvgIpc) is 3.19. The summed E-state index contributed by atoms with van der Waals surface area (Å²) < 4.78 is 103. The number of rotatable bonds is 20. The first-order valence-electron chi connectivity index (χ1n) is 18.0. The van der Waals surface area contributed by atoms with Gasteiger partial charge in [0.05, 0.1) is 49.8 Å². The maximum atomic E-state index is 13.7. The van der Waals surface area contributed by atoms with Crippen LogP contribution >= 0.6 is 0 Å². The van der Waals surface area contributed by atoms with E-state index in [9.17, 15) is 108 Å². The van der Waals surface area contributed by atoms with E-state index in [1.54, 1.807) is 0 Å². The second kappa shape index (κ2) is 22.0. The van der Waals surface area contributed by atoms with Crippen molar-refractivity contribution in [3.05, 3.63) is 34.9 Å². The second-order valence-corrected chi connectivity index (χ2v) is 14.3. The average molecular weight is 896 g/mol. The van der Waals surface area contributed by atoms with Crippen LogP contribution in [0.25, 0.3) is 0 Å². The molecule has 350 valence electrons. The van der Waals surface area contributed by atoms with E-state index in [-0.39, 0.29) is 18.2 Å². The molecule has 0 radical (unpaired) electrons. The molecule has 0 amide bonds. The molecule has 18 atom stereocenters. The monoisotopic (exact) mass is 895 g/mol. The maximum absolute atomic E-state index is 13.7. The van der Waals surface area contributed by atoms with Crippen LogP contribution in [0.15, 0.2) is 18.2 Å². The molecule has 0 aliphatic carbocycles. The van der Waals surface area contributed by atoms with Crippen molar-refractivity contribution in [1.29, 1.82) is 0 Å². The predicted octanol–water partition coefficient (Wildman–Crippen LogP) is -6.95. The molecule has 3 rings (SSSR count). The lowest BCUT2D eigenvalue weighted by Crippen LogP contribution is -2.62. The van der Waals surface area contributed by atoms with Crippen LogP contribution < -0.4 is 0 Å². The molecule has 2 heterocycles. The lowest BCUT2D eigenvalue weighted by molar-refractivity contribution is -0.327. The van der Waals surface area contributed by atoms with E-state index >= 15 is 0 Å². The van der Waals surface area contributed by atoms with Gasteiger partial charge in [-0.3, -0.25) is 4.90 Å². The molecule has 2 aliphatic rings. The molecule has 0 aromatic heterocycles. The molecule has 2 fully saturated rings. The zero-order valence-electron chi connectivity index (χ0n) is 31.1. The Morgan fingerprint density at radius 2 is 0.883 bits per heavy atom. The number of ether oxygens (including phenoxy) is 4. The molecule has 16 N–H and O–H groups in total. The fraction of sp³-hybridized carbons (Fsp3) is 0.818. The van der Waals surface area contributed by atoms with Gasteiger partial charge in [0.2, 0.25) is 0 Å². The molecule has 27 heteroatoms. The molecule has 2 aliphatic heterocycles. The van der Waals surface area contributed by atoms with Crippen molar-refractivity contribution < 1.29 is 127 Å². The number of nitrogens with zero attached hydrogens (tertiary/aromatic N) is 1. The zero-order chi connectivity index (χ0) is 45.6. The Morgan fingerprint density at radius 1 is 0.533 bits per heavy atom. The standard InChI is InChI=1S/C33H51F6NO20/c34-32(35,36)12-1-11(2-13(3-12)33(37,38)39)4-40(5-14(45)20(49)28(16(47)7-41)59-30-26(55)24(53)22(51)18(9-43)57-30)6-15(46)21(50)29(17(48)8-42)60-31-27(56)25(54)23(52)19(10-44)58-31/h1-3,14-31,41-56H,4-10H2/t14-,15-,16+,17+,18+,19+,20+,21+,22-,23-,24-,25-,26+,27+,28+,29+,30-,31-/m0/s1. The molecule has 1 aromatic carbocycles. The highest BCUT2D eigenvalue weighted by atomic mass is 19.4. The van der Waals surface area contributed by atoms with Gasteiger partial charge in [-0.1, -0.05) is 0 Å². The molecule has 0 spiro atoms. The minimum atomic E-state index is -5.35. The molecular weight excluding hydrogens is 844 g/mol. The van der Waals surface area contributed by atoms with Crippen LogP contribution in [0.1, 0.15) is 16.7 Å². The summed E-state index contributed by atoms with van der Waals surface area (Å²) in [6.07, 6.45) is -49.0. The lowest BCUT2D eigenvalue weighted by Gasteiger charge is -2.43.